The van der Waals surface area contributed by atoms with Gasteiger partial charge in [-0.05, 0) is 45.6 Å². The normalized spacial score (nSPS) is 22.7. The number of aryl methyl sites for hydroxylation is 2. The summed E-state index contributed by atoms with van der Waals surface area (Å²) in [6.45, 7) is 8.28. The molecule has 1 saturated carbocycles. The van der Waals surface area contributed by atoms with Crippen molar-refractivity contribution in [2.45, 2.75) is 45.6 Å². The van der Waals surface area contributed by atoms with E-state index in [2.05, 4.69) is 36.3 Å². The molecule has 0 aromatic carbocycles. The molecule has 0 spiro atoms. The molecule has 0 saturated heterocycles. The molecule has 1 unspecified atom stereocenters. The van der Waals surface area contributed by atoms with Gasteiger partial charge in [0.2, 0.25) is 0 Å². The third-order valence-electron chi connectivity index (χ3n) is 2.98. The van der Waals surface area contributed by atoms with Crippen molar-refractivity contribution in [3.63, 3.8) is 0 Å². The van der Waals surface area contributed by atoms with Gasteiger partial charge >= 0.3 is 0 Å². The van der Waals surface area contributed by atoms with Crippen LogP contribution in [0.5, 0.6) is 0 Å². The van der Waals surface area contributed by atoms with Crippen LogP contribution in [0.15, 0.2) is 18.2 Å². The Labute approximate surface area is 85.6 Å². The highest BCUT2D eigenvalue weighted by atomic mass is 15.3. The summed E-state index contributed by atoms with van der Waals surface area (Å²) in [5.41, 5.74) is 3.79. The molecular formula is C12H18N2. The van der Waals surface area contributed by atoms with Gasteiger partial charge in [-0.15, -0.1) is 0 Å². The van der Waals surface area contributed by atoms with Gasteiger partial charge in [0, 0.05) is 5.69 Å². The zero-order valence-electron chi connectivity index (χ0n) is 9.08. The molecular weight excluding hydrogens is 172 g/mol. The molecule has 2 nitrogen and oxygen atoms in total. The summed E-state index contributed by atoms with van der Waals surface area (Å²) < 4.78 is 2.18. The predicted octanol–water partition coefficient (Wildman–Crippen LogP) is 3.17. The molecule has 0 N–H and O–H groups in total. The molecule has 0 bridgehead atoms. The Bertz CT molecular complexity index is 349. The lowest BCUT2D eigenvalue weighted by Gasteiger charge is -2.25. The Balaban J connectivity index is 2.21. The van der Waals surface area contributed by atoms with E-state index in [4.69, 9.17) is 0 Å². The topological polar surface area (TPSA) is 17.8 Å². The number of aromatic nitrogens is 2. The number of allylic oxidation sites excluding steroid dienone is 1. The molecule has 1 heterocycles. The first-order valence-corrected chi connectivity index (χ1v) is 5.36. The lowest BCUT2D eigenvalue weighted by atomic mass is 9.92. The Morgan fingerprint density at radius 1 is 1.50 bits per heavy atom. The highest BCUT2D eigenvalue weighted by Crippen LogP contribution is 2.31. The van der Waals surface area contributed by atoms with Crippen molar-refractivity contribution >= 4 is 0 Å². The monoisotopic (exact) mass is 190 g/mol. The zero-order chi connectivity index (χ0) is 10.1. The molecule has 0 radical (unpaired) electrons. The molecule has 1 atom stereocenters. The van der Waals surface area contributed by atoms with Crippen LogP contribution >= 0.6 is 0 Å². The summed E-state index contributed by atoms with van der Waals surface area (Å²) in [7, 11) is 0. The molecule has 2 heteroatoms. The van der Waals surface area contributed by atoms with E-state index in [0.29, 0.717) is 6.04 Å². The second kappa shape index (κ2) is 3.60. The Hall–Kier alpha value is -1.05. The first-order chi connectivity index (χ1) is 6.66. The van der Waals surface area contributed by atoms with E-state index >= 15 is 0 Å². The fraction of sp³-hybridized carbons (Fsp3) is 0.583. The maximum atomic E-state index is 4.54. The number of nitrogens with zero attached hydrogens (tertiary/aromatic N) is 2. The molecule has 14 heavy (non-hydrogen) atoms. The highest BCUT2D eigenvalue weighted by Gasteiger charge is 2.19. The summed E-state index contributed by atoms with van der Waals surface area (Å²) in [6.07, 6.45) is 4.83. The minimum Gasteiger partial charge on any atom is -0.266 e. The van der Waals surface area contributed by atoms with Gasteiger partial charge in [-0.1, -0.05) is 12.2 Å². The fourth-order valence-electron chi connectivity index (χ4n) is 2.35. The molecule has 1 aliphatic carbocycles. The quantitative estimate of drug-likeness (QED) is 0.622. The maximum Gasteiger partial charge on any atom is 0.0596 e. The maximum absolute atomic E-state index is 4.54. The van der Waals surface area contributed by atoms with E-state index in [-0.39, 0.29) is 0 Å². The van der Waals surface area contributed by atoms with Crippen LogP contribution in [0.2, 0.25) is 0 Å². The van der Waals surface area contributed by atoms with Crippen LogP contribution in [0, 0.1) is 13.8 Å². The first-order valence-electron chi connectivity index (χ1n) is 5.36. The van der Waals surface area contributed by atoms with E-state index in [1.165, 1.54) is 30.5 Å². The summed E-state index contributed by atoms with van der Waals surface area (Å²) >= 11 is 0. The first kappa shape index (κ1) is 9.50. The lowest BCUT2D eigenvalue weighted by molar-refractivity contribution is 0.370. The summed E-state index contributed by atoms with van der Waals surface area (Å²) in [5.74, 6) is 0. The zero-order valence-corrected chi connectivity index (χ0v) is 9.08. The standard InChI is InChI=1S/C12H18N2/c1-9-5-4-6-12(7-9)14-11(3)8-10(2)13-14/h8,12H,1,4-7H2,2-3H3. The van der Waals surface area contributed by atoms with E-state index in [1.54, 1.807) is 0 Å². The van der Waals surface area contributed by atoms with Gasteiger partial charge in [0.05, 0.1) is 11.7 Å². The van der Waals surface area contributed by atoms with Crippen molar-refractivity contribution < 1.29 is 0 Å². The van der Waals surface area contributed by atoms with Crippen LogP contribution in [0.1, 0.15) is 43.1 Å². The van der Waals surface area contributed by atoms with Gasteiger partial charge in [-0.2, -0.15) is 5.10 Å². The molecule has 1 aromatic rings. The van der Waals surface area contributed by atoms with Crippen LogP contribution in [-0.4, -0.2) is 9.78 Å². The average Bonchev–Trinajstić information content (AvgIpc) is 2.45. The molecule has 76 valence electrons. The van der Waals surface area contributed by atoms with E-state index in [9.17, 15) is 0 Å². The van der Waals surface area contributed by atoms with Gasteiger partial charge in [0.1, 0.15) is 0 Å². The molecule has 0 aliphatic heterocycles. The van der Waals surface area contributed by atoms with Gasteiger partial charge in [-0.3, -0.25) is 4.68 Å². The van der Waals surface area contributed by atoms with Crippen LogP contribution < -0.4 is 0 Å². The number of hydrogen-bond donors (Lipinski definition) is 0. The van der Waals surface area contributed by atoms with Crippen LogP contribution in [0.3, 0.4) is 0 Å². The molecule has 0 amide bonds. The third kappa shape index (κ3) is 1.74. The Morgan fingerprint density at radius 3 is 2.86 bits per heavy atom. The molecule has 1 fully saturated rings. The molecule has 1 aromatic heterocycles. The largest absolute Gasteiger partial charge is 0.266 e. The van der Waals surface area contributed by atoms with E-state index < -0.39 is 0 Å². The molecule has 2 rings (SSSR count). The van der Waals surface area contributed by atoms with Gasteiger partial charge in [0.25, 0.3) is 0 Å². The molecule has 1 aliphatic rings. The van der Waals surface area contributed by atoms with Crippen LogP contribution in [-0.2, 0) is 0 Å². The second-order valence-electron chi connectivity index (χ2n) is 4.37. The van der Waals surface area contributed by atoms with Crippen molar-refractivity contribution in [3.05, 3.63) is 29.6 Å². The SMILES string of the molecule is C=C1CCCC(n2nc(C)cc2C)C1. The van der Waals surface area contributed by atoms with Gasteiger partial charge in [0.15, 0.2) is 0 Å². The van der Waals surface area contributed by atoms with Gasteiger partial charge < -0.3 is 0 Å². The van der Waals surface area contributed by atoms with Crippen molar-refractivity contribution in [2.75, 3.05) is 0 Å². The average molecular weight is 190 g/mol. The van der Waals surface area contributed by atoms with E-state index in [0.717, 1.165) is 12.1 Å². The highest BCUT2D eigenvalue weighted by molar-refractivity contribution is 5.10. The smallest absolute Gasteiger partial charge is 0.0596 e. The lowest BCUT2D eigenvalue weighted by Crippen LogP contribution is -2.16. The second-order valence-corrected chi connectivity index (χ2v) is 4.37. The Kier molecular flexibility index (Phi) is 2.44. The summed E-state index contributed by atoms with van der Waals surface area (Å²) in [4.78, 5) is 0. The predicted molar refractivity (Wildman–Crippen MR) is 58.3 cm³/mol. The number of rotatable bonds is 1. The summed E-state index contributed by atoms with van der Waals surface area (Å²) in [5, 5.41) is 4.54. The van der Waals surface area contributed by atoms with Crippen LogP contribution in [0.4, 0.5) is 0 Å². The van der Waals surface area contributed by atoms with Gasteiger partial charge in [-0.25, -0.2) is 0 Å². The van der Waals surface area contributed by atoms with Crippen molar-refractivity contribution in [2.24, 2.45) is 0 Å². The van der Waals surface area contributed by atoms with Crippen molar-refractivity contribution in [3.8, 4) is 0 Å². The van der Waals surface area contributed by atoms with Crippen molar-refractivity contribution in [1.29, 1.82) is 0 Å². The van der Waals surface area contributed by atoms with E-state index in [1.807, 2.05) is 0 Å². The third-order valence-corrected chi connectivity index (χ3v) is 2.98. The summed E-state index contributed by atoms with van der Waals surface area (Å²) in [6, 6.07) is 2.71. The fourth-order valence-corrected chi connectivity index (χ4v) is 2.35. The number of hydrogen-bond acceptors (Lipinski definition) is 1. The minimum atomic E-state index is 0.560. The van der Waals surface area contributed by atoms with Crippen LogP contribution in [0.25, 0.3) is 0 Å². The van der Waals surface area contributed by atoms with Crippen molar-refractivity contribution in [1.82, 2.24) is 9.78 Å². The Morgan fingerprint density at radius 2 is 2.29 bits per heavy atom. The minimum absolute atomic E-state index is 0.560.